The van der Waals surface area contributed by atoms with Crippen LogP contribution in [0.5, 0.6) is 23.0 Å². The number of aliphatic hydroxyl groups is 1. The molecule has 0 radical (unpaired) electrons. The van der Waals surface area contributed by atoms with Crippen molar-refractivity contribution in [2.45, 2.75) is 31.9 Å². The van der Waals surface area contributed by atoms with Gasteiger partial charge in [0, 0.05) is 18.7 Å². The normalized spacial score (nSPS) is 22.6. The number of nitrogens with zero attached hydrogens (tertiary/aromatic N) is 1. The molecular weight excluding hydrogens is 454 g/mol. The number of fused-ring (bicyclic) bond motifs is 1. The van der Waals surface area contributed by atoms with Crippen molar-refractivity contribution in [2.24, 2.45) is 0 Å². The van der Waals surface area contributed by atoms with E-state index in [1.807, 2.05) is 6.92 Å². The summed E-state index contributed by atoms with van der Waals surface area (Å²) in [7, 11) is 1.53. The molecule has 2 atom stereocenters. The highest BCUT2D eigenvalue weighted by Crippen LogP contribution is 2.43. The molecule has 2 saturated heterocycles. The molecule has 2 unspecified atom stereocenters. The van der Waals surface area contributed by atoms with Crippen LogP contribution in [0.4, 0.5) is 0 Å². The predicted octanol–water partition coefficient (Wildman–Crippen LogP) is 3.42. The maximum atomic E-state index is 13.3. The van der Waals surface area contributed by atoms with E-state index in [9.17, 15) is 14.7 Å². The fourth-order valence-corrected chi connectivity index (χ4v) is 4.75. The van der Waals surface area contributed by atoms with Crippen molar-refractivity contribution in [3.8, 4) is 23.0 Å². The van der Waals surface area contributed by atoms with Gasteiger partial charge in [-0.2, -0.15) is 0 Å². The van der Waals surface area contributed by atoms with Gasteiger partial charge in [-0.15, -0.1) is 0 Å². The van der Waals surface area contributed by atoms with Crippen molar-refractivity contribution in [1.82, 2.24) is 4.90 Å². The van der Waals surface area contributed by atoms with Crippen molar-refractivity contribution in [3.05, 3.63) is 53.1 Å². The SMILES string of the molecule is CCOc1ccc(C2/C(=C(\O)c3ccc4c(c3)OCO4)C(=O)C(=O)N2CC2CCCO2)cc1OC. The molecule has 5 rings (SSSR count). The maximum absolute atomic E-state index is 13.3. The zero-order valence-corrected chi connectivity index (χ0v) is 19.6. The quantitative estimate of drug-likeness (QED) is 0.365. The molecular formula is C26H27NO8. The second-order valence-corrected chi connectivity index (χ2v) is 8.50. The van der Waals surface area contributed by atoms with Crippen LogP contribution >= 0.6 is 0 Å². The summed E-state index contributed by atoms with van der Waals surface area (Å²) >= 11 is 0. The summed E-state index contributed by atoms with van der Waals surface area (Å²) in [4.78, 5) is 28.0. The summed E-state index contributed by atoms with van der Waals surface area (Å²) in [5.74, 6) is 0.307. The van der Waals surface area contributed by atoms with Gasteiger partial charge in [-0.1, -0.05) is 6.07 Å². The van der Waals surface area contributed by atoms with Crippen LogP contribution in [0.1, 0.15) is 36.9 Å². The maximum Gasteiger partial charge on any atom is 0.295 e. The third kappa shape index (κ3) is 4.16. The van der Waals surface area contributed by atoms with Gasteiger partial charge < -0.3 is 33.7 Å². The number of hydrogen-bond acceptors (Lipinski definition) is 8. The van der Waals surface area contributed by atoms with Gasteiger partial charge in [0.05, 0.1) is 31.4 Å². The average Bonchev–Trinajstić information content (AvgIpc) is 3.61. The topological polar surface area (TPSA) is 104 Å². The van der Waals surface area contributed by atoms with Crippen molar-refractivity contribution in [1.29, 1.82) is 0 Å². The molecule has 1 N–H and O–H groups in total. The molecule has 2 aromatic rings. The van der Waals surface area contributed by atoms with Gasteiger partial charge in [-0.05, 0) is 55.7 Å². The molecule has 0 saturated carbocycles. The van der Waals surface area contributed by atoms with Crippen molar-refractivity contribution in [3.63, 3.8) is 0 Å². The molecule has 2 aromatic carbocycles. The number of hydrogen-bond donors (Lipinski definition) is 1. The van der Waals surface area contributed by atoms with E-state index in [4.69, 9.17) is 23.7 Å². The number of likely N-dealkylation sites (tertiary alicyclic amines) is 1. The van der Waals surface area contributed by atoms with Gasteiger partial charge >= 0.3 is 0 Å². The molecule has 2 fully saturated rings. The Labute approximate surface area is 202 Å². The highest BCUT2D eigenvalue weighted by Gasteiger charge is 2.47. The van der Waals surface area contributed by atoms with Gasteiger partial charge in [0.25, 0.3) is 11.7 Å². The van der Waals surface area contributed by atoms with Crippen molar-refractivity contribution < 1.29 is 38.4 Å². The number of rotatable bonds is 7. The molecule has 9 nitrogen and oxygen atoms in total. The minimum absolute atomic E-state index is 0.00178. The van der Waals surface area contributed by atoms with E-state index >= 15 is 0 Å². The Kier molecular flexibility index (Phi) is 6.25. The number of amides is 1. The van der Waals surface area contributed by atoms with Gasteiger partial charge in [0.2, 0.25) is 6.79 Å². The number of carbonyl (C=O) groups is 2. The molecule has 3 heterocycles. The Bertz CT molecular complexity index is 1180. The van der Waals surface area contributed by atoms with Crippen molar-refractivity contribution >= 4 is 17.4 Å². The summed E-state index contributed by atoms with van der Waals surface area (Å²) in [5, 5.41) is 11.3. The molecule has 0 aliphatic carbocycles. The minimum atomic E-state index is -0.825. The number of carbonyl (C=O) groups excluding carboxylic acids is 2. The van der Waals surface area contributed by atoms with Crippen LogP contribution < -0.4 is 18.9 Å². The van der Waals surface area contributed by atoms with Crippen LogP contribution in [0.3, 0.4) is 0 Å². The number of ether oxygens (including phenoxy) is 5. The number of ketones is 1. The third-order valence-corrected chi connectivity index (χ3v) is 6.41. The number of methoxy groups -OCH3 is 1. The fourth-order valence-electron chi connectivity index (χ4n) is 4.75. The van der Waals surface area contributed by atoms with E-state index in [1.165, 1.54) is 12.0 Å². The minimum Gasteiger partial charge on any atom is -0.507 e. The predicted molar refractivity (Wildman–Crippen MR) is 125 cm³/mol. The summed E-state index contributed by atoms with van der Waals surface area (Å²) in [6.07, 6.45) is 1.52. The second-order valence-electron chi connectivity index (χ2n) is 8.50. The lowest BCUT2D eigenvalue weighted by Crippen LogP contribution is -2.36. The summed E-state index contributed by atoms with van der Waals surface area (Å²) < 4.78 is 27.7. The van der Waals surface area contributed by atoms with Crippen molar-refractivity contribution in [2.75, 3.05) is 33.7 Å². The largest absolute Gasteiger partial charge is 0.507 e. The summed E-state index contributed by atoms with van der Waals surface area (Å²) in [6, 6.07) is 9.32. The van der Waals surface area contributed by atoms with E-state index in [1.54, 1.807) is 36.4 Å². The lowest BCUT2D eigenvalue weighted by atomic mass is 9.94. The Morgan fingerprint density at radius 1 is 1.11 bits per heavy atom. The lowest BCUT2D eigenvalue weighted by molar-refractivity contribution is -0.140. The van der Waals surface area contributed by atoms with Crippen LogP contribution in [0, 0.1) is 0 Å². The van der Waals surface area contributed by atoms with Gasteiger partial charge in [-0.3, -0.25) is 9.59 Å². The second kappa shape index (κ2) is 9.50. The Morgan fingerprint density at radius 3 is 2.69 bits per heavy atom. The first-order valence-corrected chi connectivity index (χ1v) is 11.6. The fraction of sp³-hybridized carbons (Fsp3) is 0.385. The molecule has 184 valence electrons. The van der Waals surface area contributed by atoms with Gasteiger partial charge in [0.15, 0.2) is 23.0 Å². The van der Waals surface area contributed by atoms with Crippen LogP contribution in [0.2, 0.25) is 0 Å². The van der Waals surface area contributed by atoms with Crippen LogP contribution in [0.15, 0.2) is 42.0 Å². The third-order valence-electron chi connectivity index (χ3n) is 6.41. The first-order chi connectivity index (χ1) is 17.0. The zero-order chi connectivity index (χ0) is 24.5. The summed E-state index contributed by atoms with van der Waals surface area (Å²) in [6.45, 7) is 3.26. The zero-order valence-electron chi connectivity index (χ0n) is 19.6. The van der Waals surface area contributed by atoms with E-state index in [0.717, 1.165) is 12.8 Å². The van der Waals surface area contributed by atoms with E-state index in [0.29, 0.717) is 47.3 Å². The molecule has 3 aliphatic heterocycles. The molecule has 0 aromatic heterocycles. The highest BCUT2D eigenvalue weighted by molar-refractivity contribution is 6.46. The Morgan fingerprint density at radius 2 is 1.94 bits per heavy atom. The van der Waals surface area contributed by atoms with Gasteiger partial charge in [-0.25, -0.2) is 0 Å². The van der Waals surface area contributed by atoms with Gasteiger partial charge in [0.1, 0.15) is 5.76 Å². The smallest absolute Gasteiger partial charge is 0.295 e. The van der Waals surface area contributed by atoms with E-state index in [-0.39, 0.29) is 30.8 Å². The highest BCUT2D eigenvalue weighted by atomic mass is 16.7. The lowest BCUT2D eigenvalue weighted by Gasteiger charge is -2.28. The number of benzene rings is 2. The standard InChI is InChI=1S/C26H27NO8/c1-3-32-18-8-6-15(11-20(18)31-2)23-22(24(28)16-7-9-19-21(12-16)35-14-34-19)25(29)26(30)27(23)13-17-5-4-10-33-17/h6-9,11-12,17,23,28H,3-5,10,13-14H2,1-2H3/b24-22+. The number of Topliss-reactive ketones (excluding diaryl/α,β-unsaturated/α-hetero) is 1. The van der Waals surface area contributed by atoms with Crippen LogP contribution in [-0.4, -0.2) is 61.5 Å². The van der Waals surface area contributed by atoms with Crippen LogP contribution in [0.25, 0.3) is 5.76 Å². The average molecular weight is 482 g/mol. The molecule has 0 bridgehead atoms. The molecule has 3 aliphatic rings. The monoisotopic (exact) mass is 481 g/mol. The Balaban J connectivity index is 1.62. The van der Waals surface area contributed by atoms with E-state index < -0.39 is 17.7 Å². The first kappa shape index (κ1) is 23.0. The molecule has 9 heteroatoms. The molecule has 0 spiro atoms. The molecule has 35 heavy (non-hydrogen) atoms. The first-order valence-electron chi connectivity index (χ1n) is 11.6. The Hall–Kier alpha value is -3.72. The van der Waals surface area contributed by atoms with Crippen LogP contribution in [-0.2, 0) is 14.3 Å². The number of aliphatic hydroxyl groups excluding tert-OH is 1. The summed E-state index contributed by atoms with van der Waals surface area (Å²) in [5.41, 5.74) is 0.968. The molecule has 1 amide bonds. The van der Waals surface area contributed by atoms with E-state index in [2.05, 4.69) is 0 Å².